The molecule has 6 nitrogen and oxygen atoms in total. The molecule has 0 saturated carbocycles. The summed E-state index contributed by atoms with van der Waals surface area (Å²) in [5.74, 6) is 1.18. The highest BCUT2D eigenvalue weighted by atomic mass is 32.1. The van der Waals surface area contributed by atoms with Gasteiger partial charge in [-0.05, 0) is 42.1 Å². The Kier molecular flexibility index (Phi) is 6.86. The van der Waals surface area contributed by atoms with E-state index in [2.05, 4.69) is 15.3 Å². The van der Waals surface area contributed by atoms with Crippen LogP contribution in [0.15, 0.2) is 48.1 Å². The van der Waals surface area contributed by atoms with E-state index in [4.69, 9.17) is 9.47 Å². The molecule has 0 unspecified atom stereocenters. The Bertz CT molecular complexity index is 932. The van der Waals surface area contributed by atoms with Crippen LogP contribution in [0, 0.1) is 0 Å². The molecule has 1 amide bonds. The normalized spacial score (nSPS) is 10.9. The van der Waals surface area contributed by atoms with Crippen LogP contribution in [-0.2, 0) is 11.2 Å². The molecule has 3 aromatic rings. The van der Waals surface area contributed by atoms with Crippen LogP contribution in [0.25, 0.3) is 16.6 Å². The van der Waals surface area contributed by atoms with Gasteiger partial charge in [-0.1, -0.05) is 12.1 Å². The summed E-state index contributed by atoms with van der Waals surface area (Å²) in [7, 11) is 1.60. The van der Waals surface area contributed by atoms with Gasteiger partial charge in [0.05, 0.1) is 24.9 Å². The van der Waals surface area contributed by atoms with Gasteiger partial charge in [-0.3, -0.25) is 4.79 Å². The minimum absolute atomic E-state index is 0.148. The number of carbonyl (C=O) groups excluding carboxylic acids is 1. The predicted octanol–water partition coefficient (Wildman–Crippen LogP) is 3.92. The number of H-pyrrole nitrogens is 1. The molecule has 0 spiro atoms. The van der Waals surface area contributed by atoms with Gasteiger partial charge < -0.3 is 19.8 Å². The predicted molar refractivity (Wildman–Crippen MR) is 112 cm³/mol. The van der Waals surface area contributed by atoms with Crippen molar-refractivity contribution in [3.63, 3.8) is 0 Å². The van der Waals surface area contributed by atoms with Crippen molar-refractivity contribution in [2.45, 2.75) is 13.3 Å². The summed E-state index contributed by atoms with van der Waals surface area (Å²) in [6.45, 7) is 3.01. The van der Waals surface area contributed by atoms with Crippen LogP contribution in [0.5, 0.6) is 11.5 Å². The SMILES string of the molecule is CCOc1ccc(/C=C/C(=O)NCCc2[nH]cnc2-c2cccs2)cc1OC. The third-order valence-corrected chi connectivity index (χ3v) is 4.94. The molecule has 7 heteroatoms. The number of hydrogen-bond acceptors (Lipinski definition) is 5. The van der Waals surface area contributed by atoms with Crippen molar-refractivity contribution in [1.82, 2.24) is 15.3 Å². The Morgan fingerprint density at radius 3 is 2.96 bits per heavy atom. The number of nitrogens with zero attached hydrogens (tertiary/aromatic N) is 1. The second kappa shape index (κ2) is 9.75. The summed E-state index contributed by atoms with van der Waals surface area (Å²) in [5, 5.41) is 4.92. The zero-order chi connectivity index (χ0) is 19.8. The lowest BCUT2D eigenvalue weighted by molar-refractivity contribution is -0.116. The first-order valence-corrected chi connectivity index (χ1v) is 9.92. The van der Waals surface area contributed by atoms with Crippen molar-refractivity contribution in [1.29, 1.82) is 0 Å². The molecule has 0 fully saturated rings. The van der Waals surface area contributed by atoms with E-state index in [1.807, 2.05) is 42.6 Å². The second-order valence-electron chi connectivity index (χ2n) is 5.92. The first-order chi connectivity index (χ1) is 13.7. The average molecular weight is 398 g/mol. The first kappa shape index (κ1) is 19.7. The van der Waals surface area contributed by atoms with Crippen LogP contribution in [0.1, 0.15) is 18.2 Å². The third-order valence-electron chi connectivity index (χ3n) is 4.06. The van der Waals surface area contributed by atoms with E-state index in [9.17, 15) is 4.79 Å². The van der Waals surface area contributed by atoms with Crippen LogP contribution in [0.3, 0.4) is 0 Å². The molecular formula is C21H23N3O3S. The van der Waals surface area contributed by atoms with Gasteiger partial charge in [-0.25, -0.2) is 4.98 Å². The minimum Gasteiger partial charge on any atom is -0.493 e. The molecule has 0 saturated heterocycles. The lowest BCUT2D eigenvalue weighted by Gasteiger charge is -2.09. The monoisotopic (exact) mass is 397 g/mol. The van der Waals surface area contributed by atoms with Gasteiger partial charge in [-0.15, -0.1) is 11.3 Å². The Balaban J connectivity index is 1.53. The number of hydrogen-bond donors (Lipinski definition) is 2. The smallest absolute Gasteiger partial charge is 0.244 e. The maximum Gasteiger partial charge on any atom is 0.244 e. The first-order valence-electron chi connectivity index (χ1n) is 9.04. The van der Waals surface area contributed by atoms with Crippen molar-refractivity contribution in [3.05, 3.63) is 59.4 Å². The maximum atomic E-state index is 12.1. The number of ether oxygens (including phenoxy) is 2. The number of nitrogens with one attached hydrogen (secondary N) is 2. The topological polar surface area (TPSA) is 76.2 Å². The van der Waals surface area contributed by atoms with Gasteiger partial charge in [-0.2, -0.15) is 0 Å². The molecule has 0 aliphatic rings. The molecule has 0 radical (unpaired) electrons. The van der Waals surface area contributed by atoms with Crippen molar-refractivity contribution >= 4 is 23.3 Å². The van der Waals surface area contributed by atoms with E-state index in [1.165, 1.54) is 6.08 Å². The lowest BCUT2D eigenvalue weighted by atomic mass is 10.2. The van der Waals surface area contributed by atoms with Crippen molar-refractivity contribution in [3.8, 4) is 22.1 Å². The maximum absolute atomic E-state index is 12.1. The number of aromatic amines is 1. The number of amides is 1. The van der Waals surface area contributed by atoms with E-state index >= 15 is 0 Å². The van der Waals surface area contributed by atoms with E-state index in [1.54, 1.807) is 30.8 Å². The van der Waals surface area contributed by atoms with Gasteiger partial charge in [0.15, 0.2) is 11.5 Å². The molecule has 0 aliphatic carbocycles. The van der Waals surface area contributed by atoms with Crippen molar-refractivity contribution < 1.29 is 14.3 Å². The van der Waals surface area contributed by atoms with E-state index in [0.717, 1.165) is 21.8 Å². The largest absolute Gasteiger partial charge is 0.493 e. The number of methoxy groups -OCH3 is 1. The van der Waals surface area contributed by atoms with Crippen LogP contribution >= 0.6 is 11.3 Å². The Morgan fingerprint density at radius 1 is 1.32 bits per heavy atom. The minimum atomic E-state index is -0.148. The molecule has 28 heavy (non-hydrogen) atoms. The molecule has 0 bridgehead atoms. The molecule has 2 N–H and O–H groups in total. The number of thiophene rings is 1. The van der Waals surface area contributed by atoms with Gasteiger partial charge in [0.1, 0.15) is 5.69 Å². The summed E-state index contributed by atoms with van der Waals surface area (Å²) in [6, 6.07) is 9.60. The second-order valence-corrected chi connectivity index (χ2v) is 6.87. The molecule has 2 heterocycles. The van der Waals surface area contributed by atoms with E-state index in [0.29, 0.717) is 31.1 Å². The molecule has 0 aliphatic heterocycles. The zero-order valence-corrected chi connectivity index (χ0v) is 16.7. The Hall–Kier alpha value is -3.06. The zero-order valence-electron chi connectivity index (χ0n) is 15.9. The molecule has 146 valence electrons. The van der Waals surface area contributed by atoms with Crippen molar-refractivity contribution in [2.75, 3.05) is 20.3 Å². The van der Waals surface area contributed by atoms with Gasteiger partial charge in [0.2, 0.25) is 5.91 Å². The van der Waals surface area contributed by atoms with E-state index in [-0.39, 0.29) is 5.91 Å². The standard InChI is InChI=1S/C21H23N3O3S/c1-3-27-17-8-6-15(13-18(17)26-2)7-9-20(25)22-11-10-16-21(24-14-23-16)19-5-4-12-28-19/h4-9,12-14H,3,10-11H2,1-2H3,(H,22,25)(H,23,24)/b9-7+. The molecular weight excluding hydrogens is 374 g/mol. The van der Waals surface area contributed by atoms with Crippen LogP contribution in [0.2, 0.25) is 0 Å². The van der Waals surface area contributed by atoms with Crippen molar-refractivity contribution in [2.24, 2.45) is 0 Å². The fraction of sp³-hybridized carbons (Fsp3) is 0.238. The molecule has 0 atom stereocenters. The Labute approximate surface area is 168 Å². The highest BCUT2D eigenvalue weighted by molar-refractivity contribution is 7.13. The number of carbonyl (C=O) groups is 1. The average Bonchev–Trinajstić information content (AvgIpc) is 3.39. The van der Waals surface area contributed by atoms with Gasteiger partial charge >= 0.3 is 0 Å². The molecule has 3 rings (SSSR count). The number of aromatic nitrogens is 2. The number of benzene rings is 1. The highest BCUT2D eigenvalue weighted by Gasteiger charge is 2.09. The summed E-state index contributed by atoms with van der Waals surface area (Å²) in [5.41, 5.74) is 2.83. The van der Waals surface area contributed by atoms with E-state index < -0.39 is 0 Å². The molecule has 1 aromatic carbocycles. The Morgan fingerprint density at radius 2 is 2.21 bits per heavy atom. The fourth-order valence-electron chi connectivity index (χ4n) is 2.74. The van der Waals surface area contributed by atoms with Crippen LogP contribution in [0.4, 0.5) is 0 Å². The van der Waals surface area contributed by atoms with Gasteiger partial charge in [0.25, 0.3) is 0 Å². The van der Waals surface area contributed by atoms with Crippen LogP contribution in [-0.4, -0.2) is 36.1 Å². The number of imidazole rings is 1. The summed E-state index contributed by atoms with van der Waals surface area (Å²) in [4.78, 5) is 20.8. The number of rotatable bonds is 9. The summed E-state index contributed by atoms with van der Waals surface area (Å²) >= 11 is 1.65. The quantitative estimate of drug-likeness (QED) is 0.537. The fourth-order valence-corrected chi connectivity index (χ4v) is 3.49. The summed E-state index contributed by atoms with van der Waals surface area (Å²) in [6.07, 6.45) is 5.64. The molecule has 2 aromatic heterocycles. The summed E-state index contributed by atoms with van der Waals surface area (Å²) < 4.78 is 10.8. The highest BCUT2D eigenvalue weighted by Crippen LogP contribution is 2.28. The lowest BCUT2D eigenvalue weighted by Crippen LogP contribution is -2.23. The third kappa shape index (κ3) is 5.01. The van der Waals surface area contributed by atoms with Crippen LogP contribution < -0.4 is 14.8 Å². The van der Waals surface area contributed by atoms with Gasteiger partial charge in [0, 0.05) is 24.7 Å².